The van der Waals surface area contributed by atoms with E-state index in [-0.39, 0.29) is 28.1 Å². The number of hydrogen-bond donors (Lipinski definition) is 4. The smallest absolute Gasteiger partial charge is 0.407 e. The second kappa shape index (κ2) is 9.55. The van der Waals surface area contributed by atoms with Crippen molar-refractivity contribution in [2.45, 2.75) is 26.0 Å². The van der Waals surface area contributed by atoms with Crippen molar-refractivity contribution in [3.8, 4) is 10.4 Å². The monoisotopic (exact) mass is 475 g/mol. The summed E-state index contributed by atoms with van der Waals surface area (Å²) in [4.78, 5) is 23.3. The number of nitrogens with one attached hydrogen (secondary N) is 2. The highest BCUT2D eigenvalue weighted by Gasteiger charge is 2.24. The lowest BCUT2D eigenvalue weighted by Crippen LogP contribution is -2.22. The highest BCUT2D eigenvalue weighted by molar-refractivity contribution is 7.20. The van der Waals surface area contributed by atoms with Gasteiger partial charge in [-0.05, 0) is 55.3 Å². The number of thiophene rings is 1. The second-order valence-corrected chi connectivity index (χ2v) is 8.81. The lowest BCUT2D eigenvalue weighted by Gasteiger charge is -2.18. The molecule has 0 unspecified atom stereocenters. The van der Waals surface area contributed by atoms with E-state index in [0.717, 1.165) is 29.0 Å². The number of amides is 2. The number of rotatable bonds is 7. The van der Waals surface area contributed by atoms with Gasteiger partial charge in [-0.3, -0.25) is 4.79 Å². The van der Waals surface area contributed by atoms with Crippen molar-refractivity contribution in [2.24, 2.45) is 5.73 Å². The number of halogens is 2. The Balaban J connectivity index is 1.89. The van der Waals surface area contributed by atoms with E-state index in [0.29, 0.717) is 10.7 Å². The van der Waals surface area contributed by atoms with Crippen LogP contribution in [0.4, 0.5) is 24.3 Å². The molecule has 1 heterocycles. The third kappa shape index (κ3) is 5.65. The van der Waals surface area contributed by atoms with Gasteiger partial charge in [-0.25, -0.2) is 13.6 Å². The summed E-state index contributed by atoms with van der Waals surface area (Å²) in [5.41, 5.74) is 5.33. The van der Waals surface area contributed by atoms with E-state index in [9.17, 15) is 23.5 Å². The number of benzene rings is 2. The van der Waals surface area contributed by atoms with Crippen molar-refractivity contribution in [1.82, 2.24) is 5.32 Å². The molecule has 2 aromatic carbocycles. The predicted octanol–water partition coefficient (Wildman–Crippen LogP) is 4.62. The van der Waals surface area contributed by atoms with Gasteiger partial charge in [-0.1, -0.05) is 12.1 Å². The zero-order valence-corrected chi connectivity index (χ0v) is 19.0. The molecule has 0 fully saturated rings. The van der Waals surface area contributed by atoms with Gasteiger partial charge in [-0.15, -0.1) is 11.3 Å². The Labute approximate surface area is 193 Å². The Kier molecular flexibility index (Phi) is 6.99. The van der Waals surface area contributed by atoms with E-state index in [2.05, 4.69) is 15.4 Å². The van der Waals surface area contributed by atoms with E-state index >= 15 is 0 Å². The van der Waals surface area contributed by atoms with Gasteiger partial charge in [-0.2, -0.15) is 0 Å². The molecule has 7 nitrogen and oxygen atoms in total. The molecule has 0 aliphatic rings. The second-order valence-electron chi connectivity index (χ2n) is 7.76. The summed E-state index contributed by atoms with van der Waals surface area (Å²) in [6, 6.07) is 10.4. The van der Waals surface area contributed by atoms with Crippen LogP contribution in [0.15, 0.2) is 42.5 Å². The molecule has 3 aromatic rings. The maximum absolute atomic E-state index is 14.8. The van der Waals surface area contributed by atoms with Crippen LogP contribution >= 0.6 is 11.3 Å². The van der Waals surface area contributed by atoms with Gasteiger partial charge in [0.2, 0.25) is 0 Å². The highest BCUT2D eigenvalue weighted by atomic mass is 32.1. The van der Waals surface area contributed by atoms with Gasteiger partial charge in [0.25, 0.3) is 5.91 Å². The summed E-state index contributed by atoms with van der Waals surface area (Å²) >= 11 is 0.971. The average molecular weight is 476 g/mol. The van der Waals surface area contributed by atoms with Crippen LogP contribution in [0.2, 0.25) is 0 Å². The number of nitrogens with two attached hydrogens (primary N) is 1. The molecule has 1 aromatic heterocycles. The molecule has 3 rings (SSSR count). The number of carbonyl (C=O) groups excluding carboxylic acids is 2. The molecular formula is C23H23F2N3O4S. The molecule has 0 aliphatic carbocycles. The SMILES string of the molecule is COC(=O)NCc1ccc(Nc2sc(-c3c(F)cc(C(C)(C)O)cc3F)cc2C(N)=O)cc1. The predicted molar refractivity (Wildman–Crippen MR) is 122 cm³/mol. The minimum atomic E-state index is -1.42. The van der Waals surface area contributed by atoms with E-state index in [1.54, 1.807) is 24.3 Å². The Morgan fingerprint density at radius 1 is 1.12 bits per heavy atom. The molecule has 0 saturated heterocycles. The molecule has 0 atom stereocenters. The third-order valence-electron chi connectivity index (χ3n) is 4.83. The van der Waals surface area contributed by atoms with Crippen molar-refractivity contribution < 1.29 is 28.2 Å². The van der Waals surface area contributed by atoms with Gasteiger partial charge in [0.15, 0.2) is 0 Å². The quantitative estimate of drug-likeness (QED) is 0.398. The minimum Gasteiger partial charge on any atom is -0.453 e. The lowest BCUT2D eigenvalue weighted by atomic mass is 9.96. The number of aliphatic hydroxyl groups is 1. The summed E-state index contributed by atoms with van der Waals surface area (Å²) in [5, 5.41) is 16.0. The fourth-order valence-electron chi connectivity index (χ4n) is 3.04. The third-order valence-corrected chi connectivity index (χ3v) is 5.89. The number of anilines is 2. The first kappa shape index (κ1) is 24.1. The van der Waals surface area contributed by atoms with Crippen LogP contribution < -0.4 is 16.4 Å². The zero-order chi connectivity index (χ0) is 24.3. The summed E-state index contributed by atoms with van der Waals surface area (Å²) in [7, 11) is 1.27. The standard InChI is InChI=1S/C23H23F2N3O4S/c1-23(2,31)13-8-16(24)19(17(25)9-13)18-10-15(20(26)29)21(33-18)28-14-6-4-12(5-7-14)11-27-22(30)32-3/h4-10,28,31H,11H2,1-3H3,(H2,26,29)(H,27,30). The molecule has 5 N–H and O–H groups in total. The van der Waals surface area contributed by atoms with Gasteiger partial charge < -0.3 is 26.2 Å². The number of primary amides is 1. The Morgan fingerprint density at radius 2 is 1.73 bits per heavy atom. The maximum atomic E-state index is 14.8. The van der Waals surface area contributed by atoms with Gasteiger partial charge in [0.1, 0.15) is 16.6 Å². The van der Waals surface area contributed by atoms with Crippen LogP contribution in [0.25, 0.3) is 10.4 Å². The van der Waals surface area contributed by atoms with Gasteiger partial charge in [0, 0.05) is 17.1 Å². The van der Waals surface area contributed by atoms with Crippen molar-refractivity contribution >= 4 is 34.0 Å². The fraction of sp³-hybridized carbons (Fsp3) is 0.217. The van der Waals surface area contributed by atoms with Crippen LogP contribution in [0, 0.1) is 11.6 Å². The Morgan fingerprint density at radius 3 is 2.24 bits per heavy atom. The Bertz CT molecular complexity index is 1160. The number of alkyl carbamates (subject to hydrolysis) is 1. The Hall–Kier alpha value is -3.50. The van der Waals surface area contributed by atoms with Crippen molar-refractivity contribution in [3.05, 3.63) is 70.8 Å². The molecular weight excluding hydrogens is 452 g/mol. The molecule has 0 spiro atoms. The molecule has 0 radical (unpaired) electrons. The lowest BCUT2D eigenvalue weighted by molar-refractivity contribution is 0.0778. The molecule has 2 amide bonds. The number of hydrogen-bond acceptors (Lipinski definition) is 6. The van der Waals surface area contributed by atoms with Crippen LogP contribution in [-0.4, -0.2) is 24.2 Å². The normalized spacial score (nSPS) is 11.2. The van der Waals surface area contributed by atoms with Gasteiger partial charge in [0.05, 0.1) is 23.8 Å². The minimum absolute atomic E-state index is 0.0804. The molecule has 33 heavy (non-hydrogen) atoms. The first-order valence-corrected chi connectivity index (χ1v) is 10.6. The van der Waals surface area contributed by atoms with Crippen LogP contribution in [0.5, 0.6) is 0 Å². The fourth-order valence-corrected chi connectivity index (χ4v) is 4.17. The van der Waals surface area contributed by atoms with E-state index in [4.69, 9.17) is 5.73 Å². The largest absolute Gasteiger partial charge is 0.453 e. The van der Waals surface area contributed by atoms with E-state index in [1.165, 1.54) is 27.0 Å². The maximum Gasteiger partial charge on any atom is 0.407 e. The summed E-state index contributed by atoms with van der Waals surface area (Å²) < 4.78 is 34.1. The first-order chi connectivity index (χ1) is 15.5. The van der Waals surface area contributed by atoms with Crippen LogP contribution in [0.1, 0.15) is 35.3 Å². The molecule has 0 aliphatic heterocycles. The van der Waals surface area contributed by atoms with E-state index < -0.39 is 29.2 Å². The van der Waals surface area contributed by atoms with Crippen LogP contribution in [-0.2, 0) is 16.9 Å². The van der Waals surface area contributed by atoms with Crippen LogP contribution in [0.3, 0.4) is 0 Å². The first-order valence-electron chi connectivity index (χ1n) is 9.83. The summed E-state index contributed by atoms with van der Waals surface area (Å²) in [6.07, 6.45) is -0.551. The zero-order valence-electron chi connectivity index (χ0n) is 18.2. The van der Waals surface area contributed by atoms with E-state index in [1.807, 2.05) is 0 Å². The molecule has 0 bridgehead atoms. The van der Waals surface area contributed by atoms with Crippen molar-refractivity contribution in [1.29, 1.82) is 0 Å². The van der Waals surface area contributed by atoms with Crippen molar-refractivity contribution in [2.75, 3.05) is 12.4 Å². The highest BCUT2D eigenvalue weighted by Crippen LogP contribution is 2.40. The summed E-state index contributed by atoms with van der Waals surface area (Å²) in [6.45, 7) is 3.12. The van der Waals surface area contributed by atoms with Gasteiger partial charge >= 0.3 is 6.09 Å². The molecule has 174 valence electrons. The number of ether oxygens (including phenoxy) is 1. The molecule has 10 heteroatoms. The molecule has 0 saturated carbocycles. The number of carbonyl (C=O) groups is 2. The summed E-state index contributed by atoms with van der Waals surface area (Å²) in [5.74, 6) is -2.48. The topological polar surface area (TPSA) is 114 Å². The average Bonchev–Trinajstić information content (AvgIpc) is 3.15. The number of methoxy groups -OCH3 is 1. The van der Waals surface area contributed by atoms with Crippen molar-refractivity contribution in [3.63, 3.8) is 0 Å².